The summed E-state index contributed by atoms with van der Waals surface area (Å²) in [4.78, 5) is 13.1. The minimum atomic E-state index is -0.974. The van der Waals surface area contributed by atoms with Crippen LogP contribution in [0.2, 0.25) is 0 Å². The van der Waals surface area contributed by atoms with E-state index in [0.29, 0.717) is 0 Å². The van der Waals surface area contributed by atoms with E-state index in [1.54, 1.807) is 7.11 Å². The lowest BCUT2D eigenvalue weighted by Gasteiger charge is -2.29. The second-order valence-electron chi connectivity index (χ2n) is 6.20. The highest BCUT2D eigenvalue weighted by atomic mass is 16.5. The Morgan fingerprint density at radius 1 is 0.909 bits per heavy atom. The molecule has 2 aromatic carbocycles. The van der Waals surface area contributed by atoms with E-state index in [4.69, 9.17) is 4.74 Å². The number of benzene rings is 2. The first kappa shape index (κ1) is 16.4. The molecule has 116 valence electrons. The third-order valence-corrected chi connectivity index (χ3v) is 4.36. The number of ether oxygens (including phenoxy) is 1. The fraction of sp³-hybridized carbons (Fsp3) is 0.350. The topological polar surface area (TPSA) is 26.3 Å². The van der Waals surface area contributed by atoms with Gasteiger partial charge < -0.3 is 4.74 Å². The molecule has 2 heteroatoms. The van der Waals surface area contributed by atoms with E-state index in [1.807, 2.05) is 65.0 Å². The molecule has 0 spiro atoms. The molecule has 0 amide bonds. The van der Waals surface area contributed by atoms with Crippen LogP contribution in [0.15, 0.2) is 36.4 Å². The number of carbonyl (C=O) groups is 1. The Bertz CT molecular complexity index is 716. The van der Waals surface area contributed by atoms with E-state index in [1.165, 1.54) is 5.56 Å². The number of rotatable bonds is 4. The maximum Gasteiger partial charge on any atom is 0.199 e. The van der Waals surface area contributed by atoms with Gasteiger partial charge in [0.05, 0.1) is 0 Å². The van der Waals surface area contributed by atoms with Crippen molar-refractivity contribution >= 4 is 5.78 Å². The summed E-state index contributed by atoms with van der Waals surface area (Å²) in [6.45, 7) is 9.92. The molecule has 0 aromatic heterocycles. The van der Waals surface area contributed by atoms with Gasteiger partial charge in [0.25, 0.3) is 0 Å². The van der Waals surface area contributed by atoms with Gasteiger partial charge in [-0.05, 0) is 51.3 Å². The quantitative estimate of drug-likeness (QED) is 0.767. The molecule has 0 aliphatic rings. The SMILES string of the molecule is COC(C)(C(=O)c1ccc(C)cc1C)c1ccc(C)cc1C. The van der Waals surface area contributed by atoms with Gasteiger partial charge in [-0.2, -0.15) is 0 Å². The van der Waals surface area contributed by atoms with Crippen molar-refractivity contribution in [1.29, 1.82) is 0 Å². The van der Waals surface area contributed by atoms with Crippen molar-refractivity contribution in [3.05, 3.63) is 69.8 Å². The lowest BCUT2D eigenvalue weighted by Crippen LogP contribution is -2.36. The number of ketones is 1. The second-order valence-corrected chi connectivity index (χ2v) is 6.20. The number of aryl methyl sites for hydroxylation is 4. The van der Waals surface area contributed by atoms with Crippen molar-refractivity contribution < 1.29 is 9.53 Å². The first-order valence-electron chi connectivity index (χ1n) is 7.54. The summed E-state index contributed by atoms with van der Waals surface area (Å²) in [5, 5.41) is 0. The molecule has 1 unspecified atom stereocenters. The smallest absolute Gasteiger partial charge is 0.199 e. The highest BCUT2D eigenvalue weighted by Gasteiger charge is 2.37. The average molecular weight is 296 g/mol. The minimum Gasteiger partial charge on any atom is -0.366 e. The van der Waals surface area contributed by atoms with Crippen LogP contribution >= 0.6 is 0 Å². The van der Waals surface area contributed by atoms with E-state index in [0.717, 1.165) is 27.8 Å². The van der Waals surface area contributed by atoms with Gasteiger partial charge in [-0.3, -0.25) is 4.79 Å². The second kappa shape index (κ2) is 6.05. The van der Waals surface area contributed by atoms with Crippen molar-refractivity contribution in [1.82, 2.24) is 0 Å². The standard InChI is InChI=1S/C20H24O2/c1-13-7-9-17(15(3)11-13)19(21)20(5,22-6)18-10-8-14(2)12-16(18)4/h7-12H,1-6H3. The minimum absolute atomic E-state index is 0.000506. The highest BCUT2D eigenvalue weighted by molar-refractivity contribution is 6.04. The Labute approximate surface area is 133 Å². The van der Waals surface area contributed by atoms with E-state index in [9.17, 15) is 4.79 Å². The molecule has 0 saturated carbocycles. The Balaban J connectivity index is 2.55. The third-order valence-electron chi connectivity index (χ3n) is 4.36. The van der Waals surface area contributed by atoms with Crippen LogP contribution in [0.3, 0.4) is 0 Å². The highest BCUT2D eigenvalue weighted by Crippen LogP contribution is 2.32. The number of carbonyl (C=O) groups excluding carboxylic acids is 1. The molecule has 22 heavy (non-hydrogen) atoms. The van der Waals surface area contributed by atoms with Gasteiger partial charge in [-0.15, -0.1) is 0 Å². The van der Waals surface area contributed by atoms with Crippen LogP contribution in [0, 0.1) is 27.7 Å². The summed E-state index contributed by atoms with van der Waals surface area (Å²) in [6.07, 6.45) is 0. The molecule has 0 N–H and O–H groups in total. The maximum absolute atomic E-state index is 13.1. The molecular formula is C20H24O2. The Kier molecular flexibility index (Phi) is 4.52. The maximum atomic E-state index is 13.1. The molecular weight excluding hydrogens is 272 g/mol. The molecule has 2 nitrogen and oxygen atoms in total. The fourth-order valence-corrected chi connectivity index (χ4v) is 3.00. The van der Waals surface area contributed by atoms with Gasteiger partial charge in [-0.25, -0.2) is 0 Å². The van der Waals surface area contributed by atoms with Crippen LogP contribution < -0.4 is 0 Å². The Morgan fingerprint density at radius 3 is 1.95 bits per heavy atom. The molecule has 2 rings (SSSR count). The van der Waals surface area contributed by atoms with Gasteiger partial charge in [0.2, 0.25) is 0 Å². The van der Waals surface area contributed by atoms with Gasteiger partial charge in [-0.1, -0.05) is 47.5 Å². The van der Waals surface area contributed by atoms with Gasteiger partial charge in [0.1, 0.15) is 0 Å². The van der Waals surface area contributed by atoms with Gasteiger partial charge in [0, 0.05) is 12.7 Å². The van der Waals surface area contributed by atoms with Gasteiger partial charge in [0.15, 0.2) is 11.4 Å². The van der Waals surface area contributed by atoms with Crippen molar-refractivity contribution in [2.24, 2.45) is 0 Å². The number of hydrogen-bond acceptors (Lipinski definition) is 2. The number of Topliss-reactive ketones (excluding diaryl/α,β-unsaturated/α-hetero) is 1. The van der Waals surface area contributed by atoms with Crippen molar-refractivity contribution in [2.75, 3.05) is 7.11 Å². The number of methoxy groups -OCH3 is 1. The van der Waals surface area contributed by atoms with Crippen LogP contribution in [0.1, 0.15) is 45.1 Å². The Hall–Kier alpha value is -1.93. The summed E-state index contributed by atoms with van der Waals surface area (Å²) < 4.78 is 5.70. The van der Waals surface area contributed by atoms with Crippen molar-refractivity contribution in [3.63, 3.8) is 0 Å². The summed E-state index contributed by atoms with van der Waals surface area (Å²) in [5.74, 6) is -0.000506. The lowest BCUT2D eigenvalue weighted by atomic mass is 9.83. The van der Waals surface area contributed by atoms with Crippen molar-refractivity contribution in [3.8, 4) is 0 Å². The lowest BCUT2D eigenvalue weighted by molar-refractivity contribution is 0.00973. The average Bonchev–Trinajstić information content (AvgIpc) is 2.46. The zero-order valence-corrected chi connectivity index (χ0v) is 14.3. The molecule has 2 aromatic rings. The first-order valence-corrected chi connectivity index (χ1v) is 7.54. The van der Waals surface area contributed by atoms with E-state index in [-0.39, 0.29) is 5.78 Å². The van der Waals surface area contributed by atoms with E-state index >= 15 is 0 Å². The monoisotopic (exact) mass is 296 g/mol. The molecule has 1 atom stereocenters. The van der Waals surface area contributed by atoms with Crippen LogP contribution in [0.5, 0.6) is 0 Å². The van der Waals surface area contributed by atoms with E-state index < -0.39 is 5.60 Å². The predicted octanol–water partition coefficient (Wildman–Crippen LogP) is 4.66. The molecule has 0 aliphatic heterocycles. The molecule has 0 saturated heterocycles. The normalized spacial score (nSPS) is 13.7. The summed E-state index contributed by atoms with van der Waals surface area (Å²) in [7, 11) is 1.60. The van der Waals surface area contributed by atoms with Crippen LogP contribution in [0.4, 0.5) is 0 Å². The number of hydrogen-bond donors (Lipinski definition) is 0. The largest absolute Gasteiger partial charge is 0.366 e. The zero-order chi connectivity index (χ0) is 16.5. The fourth-order valence-electron chi connectivity index (χ4n) is 3.00. The van der Waals surface area contributed by atoms with Crippen LogP contribution in [-0.2, 0) is 10.3 Å². The molecule has 0 radical (unpaired) electrons. The summed E-state index contributed by atoms with van der Waals surface area (Å²) >= 11 is 0. The Morgan fingerprint density at radius 2 is 1.45 bits per heavy atom. The predicted molar refractivity (Wildman–Crippen MR) is 90.5 cm³/mol. The van der Waals surface area contributed by atoms with E-state index in [2.05, 4.69) is 6.07 Å². The summed E-state index contributed by atoms with van der Waals surface area (Å²) in [5.41, 5.74) is 5.05. The molecule has 0 bridgehead atoms. The molecule has 0 fully saturated rings. The zero-order valence-electron chi connectivity index (χ0n) is 14.3. The van der Waals surface area contributed by atoms with Crippen LogP contribution in [0.25, 0.3) is 0 Å². The molecule has 0 aliphatic carbocycles. The van der Waals surface area contributed by atoms with Gasteiger partial charge >= 0.3 is 0 Å². The molecule has 0 heterocycles. The third kappa shape index (κ3) is 2.84. The first-order chi connectivity index (χ1) is 10.3. The summed E-state index contributed by atoms with van der Waals surface area (Å²) in [6, 6.07) is 12.0. The van der Waals surface area contributed by atoms with Crippen molar-refractivity contribution in [2.45, 2.75) is 40.2 Å². The van der Waals surface area contributed by atoms with Crippen LogP contribution in [-0.4, -0.2) is 12.9 Å².